The van der Waals surface area contributed by atoms with Gasteiger partial charge in [0.15, 0.2) is 11.2 Å². The predicted octanol–water partition coefficient (Wildman–Crippen LogP) is 0.272. The summed E-state index contributed by atoms with van der Waals surface area (Å²) in [4.78, 5) is 28.9. The lowest BCUT2D eigenvalue weighted by atomic mass is 10.2. The monoisotopic (exact) mass is 354 g/mol. The minimum atomic E-state index is -0.399. The lowest BCUT2D eigenvalue weighted by Crippen LogP contribution is -2.36. The molecule has 1 atom stereocenters. The molecule has 1 amide bonds. The highest BCUT2D eigenvalue weighted by Crippen LogP contribution is 2.11. The van der Waals surface area contributed by atoms with Gasteiger partial charge in [0, 0.05) is 13.2 Å². The molecule has 3 heterocycles. The van der Waals surface area contributed by atoms with Gasteiger partial charge in [-0.1, -0.05) is 23.4 Å². The van der Waals surface area contributed by atoms with Crippen molar-refractivity contribution in [3.8, 4) is 5.69 Å². The van der Waals surface area contributed by atoms with E-state index in [0.717, 1.165) is 25.1 Å². The van der Waals surface area contributed by atoms with E-state index in [0.29, 0.717) is 12.2 Å². The Morgan fingerprint density at radius 2 is 2.15 bits per heavy atom. The van der Waals surface area contributed by atoms with E-state index in [9.17, 15) is 9.59 Å². The first-order chi connectivity index (χ1) is 12.7. The fraction of sp³-hybridized carbons (Fsp3) is 0.353. The maximum absolute atomic E-state index is 12.6. The molecule has 0 bridgehead atoms. The van der Waals surface area contributed by atoms with Crippen LogP contribution >= 0.6 is 0 Å². The maximum Gasteiger partial charge on any atom is 0.284 e. The van der Waals surface area contributed by atoms with Gasteiger partial charge in [0.25, 0.3) is 5.56 Å². The van der Waals surface area contributed by atoms with Crippen LogP contribution in [-0.2, 0) is 16.1 Å². The van der Waals surface area contributed by atoms with Crippen molar-refractivity contribution in [2.75, 3.05) is 13.2 Å². The number of para-hydroxylation sites is 1. The molecule has 0 saturated carbocycles. The normalized spacial score (nSPS) is 16.8. The first-order valence-corrected chi connectivity index (χ1v) is 8.47. The Morgan fingerprint density at radius 1 is 1.31 bits per heavy atom. The molecule has 1 aliphatic heterocycles. The zero-order chi connectivity index (χ0) is 17.9. The van der Waals surface area contributed by atoms with Gasteiger partial charge in [-0.05, 0) is 25.0 Å². The second-order valence-electron chi connectivity index (χ2n) is 6.13. The number of carbonyl (C=O) groups is 1. The highest BCUT2D eigenvalue weighted by molar-refractivity contribution is 5.76. The summed E-state index contributed by atoms with van der Waals surface area (Å²) < 4.78 is 8.20. The molecule has 0 unspecified atom stereocenters. The largest absolute Gasteiger partial charge is 0.376 e. The second kappa shape index (κ2) is 7.04. The van der Waals surface area contributed by atoms with Crippen LogP contribution in [-0.4, -0.2) is 49.7 Å². The molecular formula is C17H18N6O3. The third kappa shape index (κ3) is 3.21. The van der Waals surface area contributed by atoms with Crippen LogP contribution in [0, 0.1) is 0 Å². The van der Waals surface area contributed by atoms with Crippen LogP contribution in [0.5, 0.6) is 0 Å². The Hall–Kier alpha value is -3.07. The first-order valence-electron chi connectivity index (χ1n) is 8.47. The number of carbonyl (C=O) groups excluding carboxylic acids is 1. The van der Waals surface area contributed by atoms with Crippen molar-refractivity contribution >= 4 is 17.1 Å². The van der Waals surface area contributed by atoms with Crippen LogP contribution < -0.4 is 10.9 Å². The van der Waals surface area contributed by atoms with E-state index in [2.05, 4.69) is 20.6 Å². The Bertz CT molecular complexity index is 975. The summed E-state index contributed by atoms with van der Waals surface area (Å²) in [7, 11) is 0. The van der Waals surface area contributed by atoms with Gasteiger partial charge >= 0.3 is 0 Å². The van der Waals surface area contributed by atoms with Crippen LogP contribution in [0.25, 0.3) is 16.9 Å². The van der Waals surface area contributed by atoms with Crippen molar-refractivity contribution < 1.29 is 9.53 Å². The third-order valence-electron chi connectivity index (χ3n) is 4.30. The Labute approximate surface area is 148 Å². The number of ether oxygens (including phenoxy) is 1. The standard InChI is InChI=1S/C17H18N6O3/c24-14(18-9-13-7-4-8-26-13)10-22-11-19-16-15(17(22)25)20-21-23(16)12-5-2-1-3-6-12/h1-3,5-6,11,13H,4,7-10H2,(H,18,24)/t13-/m1/s1. The van der Waals surface area contributed by atoms with E-state index in [1.807, 2.05) is 30.3 Å². The second-order valence-corrected chi connectivity index (χ2v) is 6.13. The summed E-state index contributed by atoms with van der Waals surface area (Å²) in [5.41, 5.74) is 0.846. The van der Waals surface area contributed by atoms with E-state index >= 15 is 0 Å². The summed E-state index contributed by atoms with van der Waals surface area (Å²) in [5.74, 6) is -0.265. The van der Waals surface area contributed by atoms with Crippen LogP contribution in [0.2, 0.25) is 0 Å². The summed E-state index contributed by atoms with van der Waals surface area (Å²) >= 11 is 0. The van der Waals surface area contributed by atoms with Crippen molar-refractivity contribution in [3.63, 3.8) is 0 Å². The molecule has 0 aliphatic carbocycles. The van der Waals surface area contributed by atoms with E-state index in [-0.39, 0.29) is 24.1 Å². The van der Waals surface area contributed by atoms with Gasteiger partial charge in [0.2, 0.25) is 5.91 Å². The fourth-order valence-electron chi connectivity index (χ4n) is 2.94. The molecule has 1 fully saturated rings. The smallest absolute Gasteiger partial charge is 0.284 e. The molecule has 0 spiro atoms. The molecule has 26 heavy (non-hydrogen) atoms. The number of hydrogen-bond donors (Lipinski definition) is 1. The highest BCUT2D eigenvalue weighted by atomic mass is 16.5. The van der Waals surface area contributed by atoms with E-state index < -0.39 is 5.56 Å². The molecule has 2 aromatic heterocycles. The number of fused-ring (bicyclic) bond motifs is 1. The van der Waals surface area contributed by atoms with Gasteiger partial charge in [-0.2, -0.15) is 4.68 Å². The SMILES string of the molecule is O=C(Cn1cnc2c(nnn2-c2ccccc2)c1=O)NC[C@H]1CCCO1. The van der Waals surface area contributed by atoms with Crippen molar-refractivity contribution in [1.82, 2.24) is 29.9 Å². The van der Waals surface area contributed by atoms with E-state index in [1.165, 1.54) is 15.6 Å². The van der Waals surface area contributed by atoms with Crippen LogP contribution in [0.15, 0.2) is 41.5 Å². The van der Waals surface area contributed by atoms with Crippen molar-refractivity contribution in [2.45, 2.75) is 25.5 Å². The summed E-state index contributed by atoms with van der Waals surface area (Å²) in [6.45, 7) is 1.07. The van der Waals surface area contributed by atoms with Crippen molar-refractivity contribution in [1.29, 1.82) is 0 Å². The number of benzene rings is 1. The van der Waals surface area contributed by atoms with Crippen LogP contribution in [0.4, 0.5) is 0 Å². The lowest BCUT2D eigenvalue weighted by molar-refractivity contribution is -0.122. The first kappa shape index (κ1) is 16.4. The Morgan fingerprint density at radius 3 is 2.92 bits per heavy atom. The number of nitrogens with zero attached hydrogens (tertiary/aromatic N) is 5. The maximum atomic E-state index is 12.6. The highest BCUT2D eigenvalue weighted by Gasteiger charge is 2.17. The molecule has 1 aliphatic rings. The van der Waals surface area contributed by atoms with E-state index in [4.69, 9.17) is 4.74 Å². The number of hydrogen-bond acceptors (Lipinski definition) is 6. The van der Waals surface area contributed by atoms with Crippen LogP contribution in [0.3, 0.4) is 0 Å². The Kier molecular flexibility index (Phi) is 4.44. The molecule has 134 valence electrons. The Balaban J connectivity index is 1.53. The van der Waals surface area contributed by atoms with Gasteiger partial charge < -0.3 is 10.1 Å². The topological polar surface area (TPSA) is 104 Å². The van der Waals surface area contributed by atoms with Gasteiger partial charge in [0.1, 0.15) is 12.9 Å². The molecular weight excluding hydrogens is 336 g/mol. The van der Waals surface area contributed by atoms with Crippen molar-refractivity contribution in [2.24, 2.45) is 0 Å². The van der Waals surface area contributed by atoms with Crippen LogP contribution in [0.1, 0.15) is 12.8 Å². The van der Waals surface area contributed by atoms with Gasteiger partial charge in [-0.3, -0.25) is 14.2 Å². The lowest BCUT2D eigenvalue weighted by Gasteiger charge is -2.11. The zero-order valence-electron chi connectivity index (χ0n) is 14.0. The molecule has 0 radical (unpaired) electrons. The minimum Gasteiger partial charge on any atom is -0.376 e. The number of amides is 1. The summed E-state index contributed by atoms with van der Waals surface area (Å²) in [5, 5.41) is 10.7. The fourth-order valence-corrected chi connectivity index (χ4v) is 2.94. The number of rotatable bonds is 5. The quantitative estimate of drug-likeness (QED) is 0.705. The number of nitrogens with one attached hydrogen (secondary N) is 1. The average Bonchev–Trinajstić information content (AvgIpc) is 3.33. The molecule has 9 nitrogen and oxygen atoms in total. The predicted molar refractivity (Wildman–Crippen MR) is 92.9 cm³/mol. The molecule has 3 aromatic rings. The zero-order valence-corrected chi connectivity index (χ0v) is 14.0. The molecule has 1 N–H and O–H groups in total. The van der Waals surface area contributed by atoms with Crippen molar-refractivity contribution in [3.05, 3.63) is 47.0 Å². The minimum absolute atomic E-state index is 0.0575. The molecule has 9 heteroatoms. The van der Waals surface area contributed by atoms with Gasteiger partial charge in [-0.25, -0.2) is 4.98 Å². The summed E-state index contributed by atoms with van der Waals surface area (Å²) in [6, 6.07) is 9.31. The van der Waals surface area contributed by atoms with Gasteiger partial charge in [-0.15, -0.1) is 5.10 Å². The third-order valence-corrected chi connectivity index (χ3v) is 4.30. The molecule has 1 aromatic carbocycles. The average molecular weight is 354 g/mol. The number of aromatic nitrogens is 5. The molecule has 1 saturated heterocycles. The van der Waals surface area contributed by atoms with Gasteiger partial charge in [0.05, 0.1) is 11.8 Å². The summed E-state index contributed by atoms with van der Waals surface area (Å²) in [6.07, 6.45) is 3.36. The molecule has 4 rings (SSSR count). The van der Waals surface area contributed by atoms with E-state index in [1.54, 1.807) is 0 Å².